The molecular weight excluding hydrogens is 270 g/mol. The van der Waals surface area contributed by atoms with Crippen molar-refractivity contribution in [1.29, 1.82) is 0 Å². The fourth-order valence-corrected chi connectivity index (χ4v) is 1.87. The zero-order valence-corrected chi connectivity index (χ0v) is 13.3. The van der Waals surface area contributed by atoms with Crippen LogP contribution in [0.5, 0.6) is 11.5 Å². The molecule has 0 fully saturated rings. The third kappa shape index (κ3) is 4.93. The van der Waals surface area contributed by atoms with Crippen LogP contribution in [0.2, 0.25) is 0 Å². The van der Waals surface area contributed by atoms with Gasteiger partial charge in [0.1, 0.15) is 12.1 Å². The Morgan fingerprint density at radius 3 is 2.33 bits per heavy atom. The molecule has 0 amide bonds. The summed E-state index contributed by atoms with van der Waals surface area (Å²) in [5.41, 5.74) is -0.885. The van der Waals surface area contributed by atoms with Gasteiger partial charge in [0.2, 0.25) is 0 Å². The molecule has 0 radical (unpaired) electrons. The third-order valence-corrected chi connectivity index (χ3v) is 3.07. The summed E-state index contributed by atoms with van der Waals surface area (Å²) in [6.07, 6.45) is 0.919. The summed E-state index contributed by atoms with van der Waals surface area (Å²) in [6, 6.07) is 7.41. The highest BCUT2D eigenvalue weighted by atomic mass is 16.5. The molecule has 0 saturated heterocycles. The summed E-state index contributed by atoms with van der Waals surface area (Å²) in [5, 5.41) is 3.18. The molecule has 5 nitrogen and oxygen atoms in total. The van der Waals surface area contributed by atoms with Crippen LogP contribution in [0.4, 0.5) is 0 Å². The minimum absolute atomic E-state index is 0.170. The number of benzene rings is 1. The van der Waals surface area contributed by atoms with Gasteiger partial charge < -0.3 is 14.2 Å². The molecule has 1 atom stereocenters. The molecule has 1 unspecified atom stereocenters. The first-order chi connectivity index (χ1) is 10.1. The monoisotopic (exact) mass is 295 g/mol. The number of esters is 1. The second kappa shape index (κ2) is 8.52. The predicted molar refractivity (Wildman–Crippen MR) is 81.8 cm³/mol. The number of carbonyl (C=O) groups is 1. The van der Waals surface area contributed by atoms with Gasteiger partial charge in [0.25, 0.3) is 0 Å². The van der Waals surface area contributed by atoms with Crippen LogP contribution < -0.4 is 14.8 Å². The third-order valence-electron chi connectivity index (χ3n) is 3.07. The zero-order valence-electron chi connectivity index (χ0n) is 13.3. The van der Waals surface area contributed by atoms with Gasteiger partial charge >= 0.3 is 5.97 Å². The van der Waals surface area contributed by atoms with Gasteiger partial charge in [-0.15, -0.1) is 0 Å². The van der Waals surface area contributed by atoms with Crippen LogP contribution >= 0.6 is 0 Å². The van der Waals surface area contributed by atoms with E-state index in [2.05, 4.69) is 5.32 Å². The maximum atomic E-state index is 12.0. The highest BCUT2D eigenvalue weighted by Gasteiger charge is 2.35. The van der Waals surface area contributed by atoms with E-state index < -0.39 is 5.54 Å². The van der Waals surface area contributed by atoms with Crippen molar-refractivity contribution < 1.29 is 19.0 Å². The summed E-state index contributed by atoms with van der Waals surface area (Å²) in [6.45, 7) is 7.17. The summed E-state index contributed by atoms with van der Waals surface area (Å²) in [5.74, 6) is 0.945. The Balaban J connectivity index is 2.79. The van der Waals surface area contributed by atoms with Crippen molar-refractivity contribution in [3.63, 3.8) is 0 Å². The molecule has 1 rings (SSSR count). The number of para-hydroxylation sites is 2. The van der Waals surface area contributed by atoms with E-state index in [4.69, 9.17) is 14.2 Å². The molecule has 5 heteroatoms. The molecule has 0 saturated carbocycles. The van der Waals surface area contributed by atoms with Crippen molar-refractivity contribution in [3.8, 4) is 11.5 Å². The maximum absolute atomic E-state index is 12.0. The molecule has 0 spiro atoms. The Morgan fingerprint density at radius 2 is 1.81 bits per heavy atom. The molecule has 118 valence electrons. The molecule has 0 aromatic heterocycles. The molecule has 21 heavy (non-hydrogen) atoms. The molecule has 1 N–H and O–H groups in total. The van der Waals surface area contributed by atoms with Gasteiger partial charge in [-0.1, -0.05) is 19.1 Å². The van der Waals surface area contributed by atoms with Crippen molar-refractivity contribution in [2.45, 2.75) is 32.7 Å². The maximum Gasteiger partial charge on any atom is 0.329 e. The van der Waals surface area contributed by atoms with E-state index in [1.165, 1.54) is 7.11 Å². The number of ether oxygens (including phenoxy) is 3. The molecule has 0 bridgehead atoms. The number of hydrogen-bond donors (Lipinski definition) is 1. The summed E-state index contributed by atoms with van der Waals surface area (Å²) >= 11 is 0. The van der Waals surface area contributed by atoms with Crippen LogP contribution in [0, 0.1) is 0 Å². The van der Waals surface area contributed by atoms with Crippen molar-refractivity contribution in [2.75, 3.05) is 26.9 Å². The van der Waals surface area contributed by atoms with Gasteiger partial charge in [-0.2, -0.15) is 0 Å². The van der Waals surface area contributed by atoms with Gasteiger partial charge in [0, 0.05) is 0 Å². The largest absolute Gasteiger partial charge is 0.490 e. The lowest BCUT2D eigenvalue weighted by Crippen LogP contribution is -2.54. The first kappa shape index (κ1) is 17.3. The smallest absolute Gasteiger partial charge is 0.329 e. The number of hydrogen-bond acceptors (Lipinski definition) is 5. The molecule has 1 aromatic rings. The molecule has 1 aromatic carbocycles. The second-order valence-corrected chi connectivity index (χ2v) is 4.92. The van der Waals surface area contributed by atoms with E-state index in [0.29, 0.717) is 24.7 Å². The molecule has 0 aliphatic carbocycles. The highest BCUT2D eigenvalue weighted by Crippen LogP contribution is 2.27. The van der Waals surface area contributed by atoms with E-state index in [-0.39, 0.29) is 12.6 Å². The minimum atomic E-state index is -0.885. The summed E-state index contributed by atoms with van der Waals surface area (Å²) in [4.78, 5) is 12.0. The normalized spacial score (nSPS) is 13.3. The van der Waals surface area contributed by atoms with Crippen molar-refractivity contribution in [1.82, 2.24) is 5.32 Å². The van der Waals surface area contributed by atoms with Gasteiger partial charge in [0.05, 0.1) is 13.7 Å². The topological polar surface area (TPSA) is 56.8 Å². The van der Waals surface area contributed by atoms with Crippen molar-refractivity contribution in [2.24, 2.45) is 0 Å². The van der Waals surface area contributed by atoms with Crippen LogP contribution in [0.1, 0.15) is 27.2 Å². The summed E-state index contributed by atoms with van der Waals surface area (Å²) in [7, 11) is 1.38. The van der Waals surface area contributed by atoms with Crippen molar-refractivity contribution >= 4 is 5.97 Å². The quantitative estimate of drug-likeness (QED) is 0.709. The number of carbonyl (C=O) groups excluding carboxylic acids is 1. The van der Waals surface area contributed by atoms with Crippen LogP contribution in [-0.2, 0) is 9.53 Å². The average molecular weight is 295 g/mol. The lowest BCUT2D eigenvalue weighted by atomic mass is 10.0. The van der Waals surface area contributed by atoms with Gasteiger partial charge in [-0.25, -0.2) is 4.79 Å². The van der Waals surface area contributed by atoms with E-state index in [0.717, 1.165) is 6.42 Å². The Morgan fingerprint density at radius 1 is 1.19 bits per heavy atom. The van der Waals surface area contributed by atoms with Gasteiger partial charge in [-0.05, 0) is 38.9 Å². The van der Waals surface area contributed by atoms with Crippen LogP contribution in [0.15, 0.2) is 24.3 Å². The minimum Gasteiger partial charge on any atom is -0.490 e. The molecule has 0 aliphatic heterocycles. The SMILES string of the molecule is CCCNC(C)(COc1ccccc1OCC)C(=O)OC. The van der Waals surface area contributed by atoms with Gasteiger partial charge in [0.15, 0.2) is 11.5 Å². The predicted octanol–water partition coefficient (Wildman–Crippen LogP) is 2.40. The molecule has 0 heterocycles. The number of rotatable bonds is 9. The van der Waals surface area contributed by atoms with E-state index >= 15 is 0 Å². The lowest BCUT2D eigenvalue weighted by Gasteiger charge is -2.28. The fourth-order valence-electron chi connectivity index (χ4n) is 1.87. The Labute approximate surface area is 126 Å². The second-order valence-electron chi connectivity index (χ2n) is 4.92. The number of methoxy groups -OCH3 is 1. The van der Waals surface area contributed by atoms with Crippen LogP contribution in [-0.4, -0.2) is 38.4 Å². The van der Waals surface area contributed by atoms with E-state index in [1.807, 2.05) is 38.1 Å². The van der Waals surface area contributed by atoms with Gasteiger partial charge in [-0.3, -0.25) is 5.32 Å². The number of nitrogens with one attached hydrogen (secondary N) is 1. The van der Waals surface area contributed by atoms with Crippen molar-refractivity contribution in [3.05, 3.63) is 24.3 Å². The Hall–Kier alpha value is -1.75. The first-order valence-electron chi connectivity index (χ1n) is 7.25. The van der Waals surface area contributed by atoms with Crippen LogP contribution in [0.25, 0.3) is 0 Å². The Bertz CT molecular complexity index is 450. The van der Waals surface area contributed by atoms with E-state index in [1.54, 1.807) is 6.92 Å². The Kier molecular flexibility index (Phi) is 7.02. The molecular formula is C16H25NO4. The fraction of sp³-hybridized carbons (Fsp3) is 0.562. The lowest BCUT2D eigenvalue weighted by molar-refractivity contribution is -0.149. The first-order valence-corrected chi connectivity index (χ1v) is 7.25. The standard InChI is InChI=1S/C16H25NO4/c1-5-11-17-16(3,15(18)19-4)12-21-14-10-8-7-9-13(14)20-6-2/h7-10,17H,5-6,11-12H2,1-4H3. The zero-order chi connectivity index (χ0) is 15.7. The highest BCUT2D eigenvalue weighted by molar-refractivity contribution is 5.80. The summed E-state index contributed by atoms with van der Waals surface area (Å²) < 4.78 is 16.2. The van der Waals surface area contributed by atoms with E-state index in [9.17, 15) is 4.79 Å². The van der Waals surface area contributed by atoms with Crippen LogP contribution in [0.3, 0.4) is 0 Å². The average Bonchev–Trinajstić information content (AvgIpc) is 2.51. The molecule has 0 aliphatic rings.